The number of hydrogen-bond acceptors (Lipinski definition) is 4. The molecule has 114 valence electrons. The molecule has 1 aliphatic carbocycles. The van der Waals surface area contributed by atoms with Crippen LogP contribution in [-0.4, -0.2) is 23.4 Å². The van der Waals surface area contributed by atoms with Crippen LogP contribution in [0.3, 0.4) is 0 Å². The highest BCUT2D eigenvalue weighted by Gasteiger charge is 2.31. The van der Waals surface area contributed by atoms with E-state index in [2.05, 4.69) is 10.6 Å². The van der Waals surface area contributed by atoms with E-state index < -0.39 is 22.3 Å². The molecule has 7 heteroatoms. The van der Waals surface area contributed by atoms with E-state index in [9.17, 15) is 19.3 Å². The molecule has 2 rings (SSSR count). The van der Waals surface area contributed by atoms with Crippen molar-refractivity contribution < 1.29 is 14.1 Å². The normalized spacial score (nSPS) is 15.4. The van der Waals surface area contributed by atoms with Gasteiger partial charge >= 0.3 is 0 Å². The van der Waals surface area contributed by atoms with Crippen molar-refractivity contribution in [3.8, 4) is 0 Å². The molecule has 6 nitrogen and oxygen atoms in total. The molecule has 0 aromatic heterocycles. The zero-order valence-corrected chi connectivity index (χ0v) is 12.0. The number of anilines is 1. The van der Waals surface area contributed by atoms with E-state index in [0.29, 0.717) is 12.5 Å². The van der Waals surface area contributed by atoms with Gasteiger partial charge in [-0.05, 0) is 38.7 Å². The van der Waals surface area contributed by atoms with Gasteiger partial charge in [0.15, 0.2) is 5.82 Å². The summed E-state index contributed by atoms with van der Waals surface area (Å²) >= 11 is 0. The van der Waals surface area contributed by atoms with E-state index in [1.807, 2.05) is 6.92 Å². The van der Waals surface area contributed by atoms with Crippen LogP contribution in [-0.2, 0) is 0 Å². The zero-order chi connectivity index (χ0) is 15.6. The Hall–Kier alpha value is -2.18. The predicted octanol–water partition coefficient (Wildman–Crippen LogP) is 2.69. The summed E-state index contributed by atoms with van der Waals surface area (Å²) in [4.78, 5) is 22.5. The molecule has 1 aliphatic rings. The van der Waals surface area contributed by atoms with Gasteiger partial charge in [-0.15, -0.1) is 0 Å². The maximum absolute atomic E-state index is 13.7. The summed E-state index contributed by atoms with van der Waals surface area (Å²) < 4.78 is 13.7. The maximum Gasteiger partial charge on any atom is 0.285 e. The minimum Gasteiger partial charge on any atom is -0.383 e. The number of amides is 1. The molecular weight excluding hydrogens is 277 g/mol. The first-order valence-electron chi connectivity index (χ1n) is 6.96. The van der Waals surface area contributed by atoms with E-state index in [0.717, 1.165) is 18.9 Å². The Bertz CT molecular complexity index is 573. The third kappa shape index (κ3) is 3.48. The van der Waals surface area contributed by atoms with Crippen molar-refractivity contribution in [3.05, 3.63) is 33.6 Å². The van der Waals surface area contributed by atoms with E-state index in [1.165, 1.54) is 6.07 Å². The number of nitro groups is 1. The van der Waals surface area contributed by atoms with Gasteiger partial charge in [0.25, 0.3) is 11.6 Å². The fourth-order valence-electron chi connectivity index (χ4n) is 2.22. The molecule has 1 saturated carbocycles. The number of carbonyl (C=O) groups is 1. The lowest BCUT2D eigenvalue weighted by atomic mass is 10.1. The maximum atomic E-state index is 13.7. The van der Waals surface area contributed by atoms with Gasteiger partial charge in [0, 0.05) is 12.6 Å². The molecule has 1 aromatic rings. The number of benzene rings is 1. The fourth-order valence-corrected chi connectivity index (χ4v) is 2.22. The molecular formula is C14H18FN3O3. The highest BCUT2D eigenvalue weighted by atomic mass is 19.1. The Morgan fingerprint density at radius 3 is 2.71 bits per heavy atom. The number of nitrogens with zero attached hydrogens (tertiary/aromatic N) is 1. The van der Waals surface area contributed by atoms with Crippen LogP contribution in [0.5, 0.6) is 0 Å². The van der Waals surface area contributed by atoms with Crippen LogP contribution in [0.1, 0.15) is 37.0 Å². The van der Waals surface area contributed by atoms with Crippen LogP contribution in [0.4, 0.5) is 15.8 Å². The smallest absolute Gasteiger partial charge is 0.285 e. The number of nitro benzene ring substituents is 1. The summed E-state index contributed by atoms with van der Waals surface area (Å²) in [7, 11) is 0. The highest BCUT2D eigenvalue weighted by molar-refractivity contribution is 5.99. The molecule has 1 atom stereocenters. The third-order valence-electron chi connectivity index (χ3n) is 3.58. The summed E-state index contributed by atoms with van der Waals surface area (Å²) in [6.45, 7) is 4.10. The van der Waals surface area contributed by atoms with Gasteiger partial charge in [0.05, 0.1) is 16.7 Å². The number of nitrogens with one attached hydrogen (secondary N) is 2. The Kier molecular flexibility index (Phi) is 4.40. The van der Waals surface area contributed by atoms with Crippen molar-refractivity contribution in [2.75, 3.05) is 11.9 Å². The van der Waals surface area contributed by atoms with Crippen LogP contribution < -0.4 is 10.6 Å². The first kappa shape index (κ1) is 15.2. The SMILES string of the molecule is CCNc1cc(C(=O)NC(C)C2CC2)c([N+](=O)[O-])cc1F. The fraction of sp³-hybridized carbons (Fsp3) is 0.500. The summed E-state index contributed by atoms with van der Waals surface area (Å²) in [5.74, 6) is -0.850. The molecule has 0 spiro atoms. The molecule has 0 radical (unpaired) electrons. The summed E-state index contributed by atoms with van der Waals surface area (Å²) in [6, 6.07) is 1.95. The molecule has 1 fully saturated rings. The monoisotopic (exact) mass is 295 g/mol. The van der Waals surface area contributed by atoms with Crippen molar-refractivity contribution in [1.82, 2.24) is 5.32 Å². The summed E-state index contributed by atoms with van der Waals surface area (Å²) in [6.07, 6.45) is 2.10. The Morgan fingerprint density at radius 2 is 2.19 bits per heavy atom. The molecule has 2 N–H and O–H groups in total. The van der Waals surface area contributed by atoms with E-state index in [-0.39, 0.29) is 17.3 Å². The first-order valence-corrected chi connectivity index (χ1v) is 6.96. The molecule has 0 heterocycles. The number of rotatable bonds is 6. The first-order chi connectivity index (χ1) is 9.93. The summed E-state index contributed by atoms with van der Waals surface area (Å²) in [5, 5.41) is 16.5. The highest BCUT2D eigenvalue weighted by Crippen LogP contribution is 2.33. The van der Waals surface area contributed by atoms with Gasteiger partial charge in [-0.3, -0.25) is 14.9 Å². The van der Waals surface area contributed by atoms with Crippen LogP contribution in [0.25, 0.3) is 0 Å². The molecule has 0 saturated heterocycles. The average molecular weight is 295 g/mol. The standard InChI is InChI=1S/C14H18FN3O3/c1-3-16-12-6-10(13(18(20)21)7-11(12)15)14(19)17-8(2)9-4-5-9/h6-9,16H,3-5H2,1-2H3,(H,17,19). The van der Waals surface area contributed by atoms with Crippen molar-refractivity contribution in [2.45, 2.75) is 32.7 Å². The van der Waals surface area contributed by atoms with Gasteiger partial charge < -0.3 is 10.6 Å². The second-order valence-corrected chi connectivity index (χ2v) is 5.24. The number of carbonyl (C=O) groups excluding carboxylic acids is 1. The van der Waals surface area contributed by atoms with E-state index >= 15 is 0 Å². The Morgan fingerprint density at radius 1 is 1.52 bits per heavy atom. The van der Waals surface area contributed by atoms with Crippen molar-refractivity contribution in [2.24, 2.45) is 5.92 Å². The van der Waals surface area contributed by atoms with Crippen LogP contribution in [0.15, 0.2) is 12.1 Å². The van der Waals surface area contributed by atoms with Crippen LogP contribution >= 0.6 is 0 Å². The van der Waals surface area contributed by atoms with Crippen molar-refractivity contribution in [1.29, 1.82) is 0 Å². The largest absolute Gasteiger partial charge is 0.383 e. The van der Waals surface area contributed by atoms with Crippen LogP contribution in [0.2, 0.25) is 0 Å². The Labute approximate surface area is 121 Å². The lowest BCUT2D eigenvalue weighted by molar-refractivity contribution is -0.385. The second-order valence-electron chi connectivity index (χ2n) is 5.24. The van der Waals surface area contributed by atoms with Gasteiger partial charge in [0.1, 0.15) is 5.56 Å². The van der Waals surface area contributed by atoms with Gasteiger partial charge in [-0.25, -0.2) is 4.39 Å². The summed E-state index contributed by atoms with van der Waals surface area (Å²) in [5.41, 5.74) is -0.549. The topological polar surface area (TPSA) is 84.3 Å². The number of hydrogen-bond donors (Lipinski definition) is 2. The average Bonchev–Trinajstić information content (AvgIpc) is 3.24. The number of halogens is 1. The minimum atomic E-state index is -0.741. The lowest BCUT2D eigenvalue weighted by Crippen LogP contribution is -2.34. The predicted molar refractivity (Wildman–Crippen MR) is 76.9 cm³/mol. The van der Waals surface area contributed by atoms with Gasteiger partial charge in [-0.2, -0.15) is 0 Å². The zero-order valence-electron chi connectivity index (χ0n) is 12.0. The Balaban J connectivity index is 2.31. The molecule has 21 heavy (non-hydrogen) atoms. The quantitative estimate of drug-likeness (QED) is 0.624. The van der Waals surface area contributed by atoms with Gasteiger partial charge in [-0.1, -0.05) is 0 Å². The van der Waals surface area contributed by atoms with E-state index in [4.69, 9.17) is 0 Å². The van der Waals surface area contributed by atoms with Crippen molar-refractivity contribution in [3.63, 3.8) is 0 Å². The van der Waals surface area contributed by atoms with Crippen molar-refractivity contribution >= 4 is 17.3 Å². The molecule has 1 amide bonds. The molecule has 1 aromatic carbocycles. The molecule has 1 unspecified atom stereocenters. The molecule has 0 bridgehead atoms. The molecule has 0 aliphatic heterocycles. The minimum absolute atomic E-state index is 0.0373. The third-order valence-corrected chi connectivity index (χ3v) is 3.58. The van der Waals surface area contributed by atoms with Crippen LogP contribution in [0, 0.1) is 21.8 Å². The van der Waals surface area contributed by atoms with Gasteiger partial charge in [0.2, 0.25) is 0 Å². The van der Waals surface area contributed by atoms with E-state index in [1.54, 1.807) is 6.92 Å². The second kappa shape index (κ2) is 6.07. The lowest BCUT2D eigenvalue weighted by Gasteiger charge is -2.14.